The Kier molecular flexibility index (Phi) is 3.42. The van der Waals surface area contributed by atoms with Crippen LogP contribution >= 0.6 is 0 Å². The normalized spacial score (nSPS) is 51.4. The van der Waals surface area contributed by atoms with Gasteiger partial charge in [0.05, 0.1) is 12.1 Å². The van der Waals surface area contributed by atoms with E-state index in [9.17, 15) is 24.9 Å². The fourth-order valence-electron chi connectivity index (χ4n) is 6.67. The van der Waals surface area contributed by atoms with Crippen molar-refractivity contribution in [1.82, 2.24) is 0 Å². The van der Waals surface area contributed by atoms with E-state index in [1.54, 1.807) is 19.1 Å². The minimum absolute atomic E-state index is 0.00624. The molecule has 136 valence electrons. The van der Waals surface area contributed by atoms with E-state index < -0.39 is 23.1 Å². The van der Waals surface area contributed by atoms with Crippen molar-refractivity contribution in [3.05, 3.63) is 23.8 Å². The molecule has 0 amide bonds. The van der Waals surface area contributed by atoms with Gasteiger partial charge in [0.2, 0.25) is 0 Å². The maximum Gasteiger partial charge on any atom is 0.178 e. The Morgan fingerprint density at radius 3 is 2.72 bits per heavy atom. The van der Waals surface area contributed by atoms with E-state index in [0.29, 0.717) is 6.42 Å². The van der Waals surface area contributed by atoms with E-state index in [0.717, 1.165) is 18.4 Å². The average molecular weight is 345 g/mol. The number of fused-ring (bicyclic) bond motifs is 5. The van der Waals surface area contributed by atoms with Gasteiger partial charge in [-0.3, -0.25) is 4.79 Å². The molecule has 4 rings (SSSR count). The molecule has 0 heterocycles. The summed E-state index contributed by atoms with van der Waals surface area (Å²) in [6.45, 7) is 3.87. The van der Waals surface area contributed by atoms with E-state index in [-0.39, 0.29) is 41.8 Å². The molecule has 0 unspecified atom stereocenters. The van der Waals surface area contributed by atoms with E-state index in [1.807, 2.05) is 6.08 Å². The van der Waals surface area contributed by atoms with Crippen LogP contribution in [0.4, 0.5) is 0 Å². The molecule has 3 fully saturated rings. The van der Waals surface area contributed by atoms with E-state index in [4.69, 9.17) is 0 Å². The van der Waals surface area contributed by atoms with Gasteiger partial charge in [-0.1, -0.05) is 25.5 Å². The van der Waals surface area contributed by atoms with Crippen LogP contribution in [0, 0.1) is 28.6 Å². The van der Waals surface area contributed by atoms with Crippen molar-refractivity contribution < 1.29 is 24.9 Å². The summed E-state index contributed by atoms with van der Waals surface area (Å²) in [5, 5.41) is 33.5. The summed E-state index contributed by atoms with van der Waals surface area (Å²) in [6.07, 6.45) is 7.13. The highest BCUT2D eigenvalue weighted by Gasteiger charge is 2.66. The lowest BCUT2D eigenvalue weighted by Gasteiger charge is -2.60. The minimum atomic E-state index is -1.88. The zero-order valence-corrected chi connectivity index (χ0v) is 14.7. The molecule has 0 bridgehead atoms. The van der Waals surface area contributed by atoms with Crippen LogP contribution in [0.3, 0.4) is 0 Å². The van der Waals surface area contributed by atoms with Crippen LogP contribution in [0.25, 0.3) is 0 Å². The molecule has 2 N–H and O–H groups in total. The average Bonchev–Trinajstić information content (AvgIpc) is 2.80. The van der Waals surface area contributed by atoms with Crippen molar-refractivity contribution >= 4 is 11.8 Å². The maximum absolute atomic E-state index is 11.8. The molecule has 5 nitrogen and oxygen atoms in total. The molecule has 3 saturated carbocycles. The molecular weight excluding hydrogens is 320 g/mol. The van der Waals surface area contributed by atoms with Crippen LogP contribution in [0.1, 0.15) is 46.0 Å². The van der Waals surface area contributed by atoms with Gasteiger partial charge in [-0.15, -0.1) is 0 Å². The third-order valence-corrected chi connectivity index (χ3v) is 7.99. The first-order valence-corrected chi connectivity index (χ1v) is 9.19. The molecule has 0 aromatic heterocycles. The molecule has 4 aliphatic carbocycles. The van der Waals surface area contributed by atoms with Gasteiger partial charge in [-0.05, 0) is 56.1 Å². The van der Waals surface area contributed by atoms with Gasteiger partial charge in [0.1, 0.15) is 5.60 Å². The quantitative estimate of drug-likeness (QED) is 0.731. The number of hydrogen-bond donors (Lipinski definition) is 2. The topological polar surface area (TPSA) is 97.7 Å². The largest absolute Gasteiger partial charge is 0.547 e. The predicted octanol–water partition coefficient (Wildman–Crippen LogP) is 0.746. The summed E-state index contributed by atoms with van der Waals surface area (Å²) in [5.41, 5.74) is -2.06. The number of aliphatic hydroxyl groups excluding tert-OH is 1. The highest BCUT2D eigenvalue weighted by Crippen LogP contribution is 2.66. The van der Waals surface area contributed by atoms with E-state index in [2.05, 4.69) is 6.92 Å². The Morgan fingerprint density at radius 2 is 2.04 bits per heavy atom. The predicted molar refractivity (Wildman–Crippen MR) is 88.0 cm³/mol. The Hall–Kier alpha value is -1.46. The van der Waals surface area contributed by atoms with Crippen LogP contribution in [0.5, 0.6) is 0 Å². The summed E-state index contributed by atoms with van der Waals surface area (Å²) >= 11 is 0. The molecule has 0 saturated heterocycles. The fourth-order valence-corrected chi connectivity index (χ4v) is 6.67. The lowest BCUT2D eigenvalue weighted by Crippen LogP contribution is -2.63. The van der Waals surface area contributed by atoms with Gasteiger partial charge in [-0.25, -0.2) is 0 Å². The highest BCUT2D eigenvalue weighted by atomic mass is 16.4. The molecule has 0 radical (unpaired) electrons. The zero-order chi connectivity index (χ0) is 18.2. The van der Waals surface area contributed by atoms with E-state index >= 15 is 0 Å². The SMILES string of the molecule is C[C@]12C=CC(=O)C=C1CC[C@@H]1[C@@H]2[C@H](O)C[C@]2(C)[C@H]1CC[C@]2(O)C(=O)[O-]. The van der Waals surface area contributed by atoms with Crippen molar-refractivity contribution in [2.45, 2.75) is 57.7 Å². The van der Waals surface area contributed by atoms with Crippen molar-refractivity contribution in [3.8, 4) is 0 Å². The maximum atomic E-state index is 11.8. The molecule has 0 aromatic rings. The van der Waals surface area contributed by atoms with Crippen molar-refractivity contribution in [1.29, 1.82) is 0 Å². The van der Waals surface area contributed by atoms with Crippen LogP contribution < -0.4 is 5.11 Å². The monoisotopic (exact) mass is 345 g/mol. The second-order valence-electron chi connectivity index (χ2n) is 8.90. The molecule has 4 aliphatic rings. The Morgan fingerprint density at radius 1 is 1.32 bits per heavy atom. The lowest BCUT2D eigenvalue weighted by atomic mass is 9.46. The second-order valence-corrected chi connectivity index (χ2v) is 8.90. The first-order chi connectivity index (χ1) is 11.6. The molecule has 7 atom stereocenters. The van der Waals surface area contributed by atoms with Crippen LogP contribution in [-0.2, 0) is 9.59 Å². The van der Waals surface area contributed by atoms with Crippen LogP contribution in [0.15, 0.2) is 23.8 Å². The fraction of sp³-hybridized carbons (Fsp3) is 0.700. The first kappa shape index (κ1) is 17.0. The Labute approximate surface area is 147 Å². The number of hydrogen-bond acceptors (Lipinski definition) is 5. The van der Waals surface area contributed by atoms with Crippen LogP contribution in [-0.4, -0.2) is 33.7 Å². The van der Waals surface area contributed by atoms with Crippen molar-refractivity contribution in [2.75, 3.05) is 0 Å². The van der Waals surface area contributed by atoms with Gasteiger partial charge >= 0.3 is 0 Å². The number of ketones is 1. The Bertz CT molecular complexity index is 709. The summed E-state index contributed by atoms with van der Waals surface area (Å²) in [7, 11) is 0. The number of carboxylic acid groups (broad SMARTS) is 1. The number of rotatable bonds is 1. The smallest absolute Gasteiger partial charge is 0.178 e. The molecule has 25 heavy (non-hydrogen) atoms. The number of allylic oxidation sites excluding steroid dienone is 4. The standard InChI is InChI=1S/C20H26O5/c1-18-7-5-12(21)9-11(18)3-4-13-14-6-8-20(25,17(23)24)19(14,2)10-15(22)16(13)18/h5,7,9,13-16,22,25H,3-4,6,8,10H2,1-2H3,(H,23,24)/p-1/t13-,14-,15+,16+,18-,19+,20-/m0/s1. The summed E-state index contributed by atoms with van der Waals surface area (Å²) in [4.78, 5) is 23.4. The van der Waals surface area contributed by atoms with Gasteiger partial charge in [-0.2, -0.15) is 0 Å². The minimum Gasteiger partial charge on any atom is -0.547 e. The summed E-state index contributed by atoms with van der Waals surface area (Å²) < 4.78 is 0. The van der Waals surface area contributed by atoms with Gasteiger partial charge in [0.25, 0.3) is 0 Å². The number of carbonyl (C=O) groups is 2. The number of carboxylic acids is 1. The number of aliphatic carboxylic acids is 1. The molecule has 0 spiro atoms. The Balaban J connectivity index is 1.76. The van der Waals surface area contributed by atoms with Crippen molar-refractivity contribution in [2.24, 2.45) is 28.6 Å². The van der Waals surface area contributed by atoms with Crippen LogP contribution in [0.2, 0.25) is 0 Å². The second kappa shape index (κ2) is 5.04. The van der Waals surface area contributed by atoms with Crippen molar-refractivity contribution in [3.63, 3.8) is 0 Å². The van der Waals surface area contributed by atoms with Gasteiger partial charge < -0.3 is 20.1 Å². The first-order valence-electron chi connectivity index (χ1n) is 9.19. The molecule has 0 aromatic carbocycles. The molecule has 5 heteroatoms. The molecular formula is C20H25O5-. The zero-order valence-electron chi connectivity index (χ0n) is 14.7. The third-order valence-electron chi connectivity index (χ3n) is 7.99. The third kappa shape index (κ3) is 1.97. The summed E-state index contributed by atoms with van der Waals surface area (Å²) in [5.74, 6) is -1.32. The highest BCUT2D eigenvalue weighted by molar-refractivity contribution is 6.01. The number of aliphatic hydroxyl groups is 2. The van der Waals surface area contributed by atoms with Gasteiger partial charge in [0.15, 0.2) is 5.78 Å². The molecule has 0 aliphatic heterocycles. The summed E-state index contributed by atoms with van der Waals surface area (Å²) in [6, 6.07) is 0. The van der Waals surface area contributed by atoms with Gasteiger partial charge in [0, 0.05) is 16.7 Å². The van der Waals surface area contributed by atoms with E-state index in [1.165, 1.54) is 0 Å². The lowest BCUT2D eigenvalue weighted by molar-refractivity contribution is -0.334. The number of carbonyl (C=O) groups excluding carboxylic acids is 2.